The molecule has 0 bridgehead atoms. The van der Waals surface area contributed by atoms with Crippen molar-refractivity contribution >= 4 is 23.6 Å². The minimum Gasteiger partial charge on any atom is -0.444 e. The van der Waals surface area contributed by atoms with Crippen LogP contribution in [0.2, 0.25) is 5.02 Å². The summed E-state index contributed by atoms with van der Waals surface area (Å²) in [5.74, 6) is -0.370. The molecule has 0 radical (unpaired) electrons. The Bertz CT molecular complexity index is 875. The molecule has 0 aliphatic rings. The molecule has 0 saturated carbocycles. The molecule has 0 saturated heterocycles. The van der Waals surface area contributed by atoms with Crippen LogP contribution in [0.25, 0.3) is 5.69 Å². The first-order valence-corrected chi connectivity index (χ1v) is 9.76. The van der Waals surface area contributed by atoms with Gasteiger partial charge < -0.3 is 15.4 Å². The second kappa shape index (κ2) is 8.82. The Morgan fingerprint density at radius 2 is 1.86 bits per heavy atom. The number of rotatable bonds is 6. The zero-order valence-corrected chi connectivity index (χ0v) is 18.4. The fraction of sp³-hybridized carbons (Fsp3) is 0.500. The van der Waals surface area contributed by atoms with Gasteiger partial charge in [0.15, 0.2) is 5.69 Å². The smallest absolute Gasteiger partial charge is 0.407 e. The first kappa shape index (κ1) is 22.7. The van der Waals surface area contributed by atoms with Crippen LogP contribution < -0.4 is 10.6 Å². The number of carbonyl (C=O) groups excluding carboxylic acids is 2. The van der Waals surface area contributed by atoms with Gasteiger partial charge in [0.2, 0.25) is 0 Å². The van der Waals surface area contributed by atoms with Gasteiger partial charge in [-0.1, -0.05) is 42.8 Å². The van der Waals surface area contributed by atoms with Crippen molar-refractivity contribution in [2.24, 2.45) is 5.92 Å². The van der Waals surface area contributed by atoms with Crippen molar-refractivity contribution in [3.05, 3.63) is 41.2 Å². The third kappa shape index (κ3) is 6.19. The fourth-order valence-electron chi connectivity index (χ4n) is 2.41. The molecule has 1 atom stereocenters. The number of benzene rings is 1. The van der Waals surface area contributed by atoms with E-state index in [1.165, 1.54) is 10.9 Å². The van der Waals surface area contributed by atoms with E-state index >= 15 is 0 Å². The Balaban J connectivity index is 2.09. The number of amides is 2. The molecule has 1 aromatic carbocycles. The molecule has 0 fully saturated rings. The van der Waals surface area contributed by atoms with Crippen LogP contribution in [0.15, 0.2) is 30.5 Å². The highest BCUT2D eigenvalue weighted by Gasteiger charge is 2.32. The zero-order chi connectivity index (χ0) is 21.8. The van der Waals surface area contributed by atoms with E-state index in [0.717, 1.165) is 0 Å². The van der Waals surface area contributed by atoms with Gasteiger partial charge in [-0.15, -0.1) is 5.10 Å². The number of halogens is 1. The summed E-state index contributed by atoms with van der Waals surface area (Å²) in [7, 11) is 0. The van der Waals surface area contributed by atoms with E-state index in [4.69, 9.17) is 16.3 Å². The molecule has 2 aromatic rings. The number of nitrogens with zero attached hydrogens (tertiary/aromatic N) is 3. The van der Waals surface area contributed by atoms with Crippen LogP contribution in [-0.4, -0.2) is 44.7 Å². The van der Waals surface area contributed by atoms with Crippen LogP contribution in [0.4, 0.5) is 4.79 Å². The molecular formula is C20H28ClN5O3. The van der Waals surface area contributed by atoms with Gasteiger partial charge in [-0.3, -0.25) is 4.79 Å². The van der Waals surface area contributed by atoms with Crippen molar-refractivity contribution in [2.45, 2.75) is 52.7 Å². The van der Waals surface area contributed by atoms with Crippen molar-refractivity contribution in [3.63, 3.8) is 0 Å². The normalized spacial score (nSPS) is 13.7. The number of hydrogen-bond acceptors (Lipinski definition) is 5. The van der Waals surface area contributed by atoms with Gasteiger partial charge in [0.1, 0.15) is 5.60 Å². The lowest BCUT2D eigenvalue weighted by atomic mass is 9.88. The SMILES string of the molecule is CC(C)C(C)(CNC(=O)OC(C)(C)C)NC(=O)c1cn(-c2ccccc2Cl)nn1. The molecule has 2 amide bonds. The van der Waals surface area contributed by atoms with E-state index in [-0.39, 0.29) is 18.2 Å². The first-order valence-electron chi connectivity index (χ1n) is 9.38. The lowest BCUT2D eigenvalue weighted by molar-refractivity contribution is 0.0497. The number of carbonyl (C=O) groups is 2. The van der Waals surface area contributed by atoms with E-state index in [1.54, 1.807) is 32.9 Å². The number of alkyl carbamates (subject to hydrolysis) is 1. The Morgan fingerprint density at radius 3 is 2.45 bits per heavy atom. The molecule has 0 aliphatic heterocycles. The van der Waals surface area contributed by atoms with Crippen molar-refractivity contribution in [2.75, 3.05) is 6.54 Å². The highest BCUT2D eigenvalue weighted by Crippen LogP contribution is 2.20. The Labute approximate surface area is 176 Å². The van der Waals surface area contributed by atoms with Crippen LogP contribution in [-0.2, 0) is 4.74 Å². The number of hydrogen-bond donors (Lipinski definition) is 2. The average molecular weight is 422 g/mol. The van der Waals surface area contributed by atoms with Crippen molar-refractivity contribution < 1.29 is 14.3 Å². The van der Waals surface area contributed by atoms with Gasteiger partial charge in [0.05, 0.1) is 22.4 Å². The lowest BCUT2D eigenvalue weighted by Crippen LogP contribution is -2.57. The minimum absolute atomic E-state index is 0.0278. The first-order chi connectivity index (χ1) is 13.4. The number of ether oxygens (including phenoxy) is 1. The Hall–Kier alpha value is -2.61. The quantitative estimate of drug-likeness (QED) is 0.742. The largest absolute Gasteiger partial charge is 0.444 e. The zero-order valence-electron chi connectivity index (χ0n) is 17.6. The highest BCUT2D eigenvalue weighted by atomic mass is 35.5. The highest BCUT2D eigenvalue weighted by molar-refractivity contribution is 6.32. The molecule has 9 heteroatoms. The number of nitrogens with one attached hydrogen (secondary N) is 2. The molecule has 29 heavy (non-hydrogen) atoms. The lowest BCUT2D eigenvalue weighted by Gasteiger charge is -2.35. The van der Waals surface area contributed by atoms with Crippen molar-refractivity contribution in [1.29, 1.82) is 0 Å². The van der Waals surface area contributed by atoms with Gasteiger partial charge in [0.25, 0.3) is 5.91 Å². The van der Waals surface area contributed by atoms with Gasteiger partial charge >= 0.3 is 6.09 Å². The second-order valence-corrected chi connectivity index (χ2v) is 8.79. The second-order valence-electron chi connectivity index (χ2n) is 8.38. The fourth-order valence-corrected chi connectivity index (χ4v) is 2.63. The maximum absolute atomic E-state index is 12.8. The molecule has 1 heterocycles. The predicted molar refractivity (Wildman–Crippen MR) is 111 cm³/mol. The van der Waals surface area contributed by atoms with Crippen LogP contribution >= 0.6 is 11.6 Å². The topological polar surface area (TPSA) is 98.1 Å². The van der Waals surface area contributed by atoms with E-state index in [0.29, 0.717) is 10.7 Å². The van der Waals surface area contributed by atoms with Gasteiger partial charge in [-0.05, 0) is 45.7 Å². The standard InChI is InChI=1S/C20H28ClN5O3/c1-13(2)20(6,12-22-18(28)29-19(3,4)5)23-17(27)15-11-26(25-24-15)16-10-8-7-9-14(16)21/h7-11,13H,12H2,1-6H3,(H,22,28)(H,23,27). The summed E-state index contributed by atoms with van der Waals surface area (Å²) in [4.78, 5) is 24.8. The molecule has 0 spiro atoms. The third-order valence-electron chi connectivity index (χ3n) is 4.50. The van der Waals surface area contributed by atoms with Crippen molar-refractivity contribution in [3.8, 4) is 5.69 Å². The predicted octanol–water partition coefficient (Wildman–Crippen LogP) is 3.59. The molecule has 8 nitrogen and oxygen atoms in total. The van der Waals surface area contributed by atoms with Gasteiger partial charge in [-0.2, -0.15) is 0 Å². The summed E-state index contributed by atoms with van der Waals surface area (Å²) in [5.41, 5.74) is -0.547. The molecular weight excluding hydrogens is 394 g/mol. The van der Waals surface area contributed by atoms with E-state index in [9.17, 15) is 9.59 Å². The third-order valence-corrected chi connectivity index (χ3v) is 4.82. The van der Waals surface area contributed by atoms with Crippen LogP contribution in [0, 0.1) is 5.92 Å². The van der Waals surface area contributed by atoms with Crippen LogP contribution in [0.5, 0.6) is 0 Å². The molecule has 1 unspecified atom stereocenters. The summed E-state index contributed by atoms with van der Waals surface area (Å²) >= 11 is 6.17. The maximum Gasteiger partial charge on any atom is 0.407 e. The van der Waals surface area contributed by atoms with Crippen LogP contribution in [0.3, 0.4) is 0 Å². The monoisotopic (exact) mass is 421 g/mol. The summed E-state index contributed by atoms with van der Waals surface area (Å²) < 4.78 is 6.71. The minimum atomic E-state index is -0.720. The molecule has 0 aliphatic carbocycles. The number of para-hydroxylation sites is 1. The summed E-state index contributed by atoms with van der Waals surface area (Å²) in [6.45, 7) is 11.3. The molecule has 2 rings (SSSR count). The summed E-state index contributed by atoms with van der Waals surface area (Å²) in [6, 6.07) is 7.14. The molecule has 158 valence electrons. The van der Waals surface area contributed by atoms with Gasteiger partial charge in [0, 0.05) is 6.54 Å². The molecule has 2 N–H and O–H groups in total. The Kier molecular flexibility index (Phi) is 6.89. The van der Waals surface area contributed by atoms with Crippen molar-refractivity contribution in [1.82, 2.24) is 25.6 Å². The Morgan fingerprint density at radius 1 is 1.21 bits per heavy atom. The summed E-state index contributed by atoms with van der Waals surface area (Å²) in [5, 5.41) is 14.1. The van der Waals surface area contributed by atoms with Gasteiger partial charge in [-0.25, -0.2) is 9.48 Å². The molecule has 1 aromatic heterocycles. The summed E-state index contributed by atoms with van der Waals surface area (Å²) in [6.07, 6.45) is 0.974. The van der Waals surface area contributed by atoms with Crippen LogP contribution in [0.1, 0.15) is 52.0 Å². The number of aromatic nitrogens is 3. The average Bonchev–Trinajstić information content (AvgIpc) is 3.09. The maximum atomic E-state index is 12.8. The van der Waals surface area contributed by atoms with E-state index in [2.05, 4.69) is 20.9 Å². The van der Waals surface area contributed by atoms with E-state index in [1.807, 2.05) is 32.9 Å². The van der Waals surface area contributed by atoms with E-state index < -0.39 is 23.1 Å².